The summed E-state index contributed by atoms with van der Waals surface area (Å²) in [5, 5.41) is 2.93. The van der Waals surface area contributed by atoms with Crippen LogP contribution in [0.15, 0.2) is 22.7 Å². The molecule has 0 unspecified atom stereocenters. The molecular weight excluding hydrogens is 426 g/mol. The van der Waals surface area contributed by atoms with Gasteiger partial charge in [-0.25, -0.2) is 0 Å². The number of halogens is 4. The molecule has 1 amide bonds. The molecule has 9 heteroatoms. The number of likely N-dealkylation sites (N-methyl/N-ethyl adjacent to an activating group) is 1. The predicted octanol–water partition coefficient (Wildman–Crippen LogP) is 2.27. The molecule has 0 atom stereocenters. The van der Waals surface area contributed by atoms with Crippen LogP contribution in [-0.2, 0) is 0 Å². The highest BCUT2D eigenvalue weighted by Crippen LogP contribution is 2.18. The third kappa shape index (κ3) is 7.92. The van der Waals surface area contributed by atoms with E-state index in [-0.39, 0.29) is 43.1 Å². The Balaban J connectivity index is 0. The lowest BCUT2D eigenvalue weighted by Crippen LogP contribution is -2.46. The fourth-order valence-corrected chi connectivity index (χ4v) is 2.61. The molecular formula is C14H24BrCl3N4O. The summed E-state index contributed by atoms with van der Waals surface area (Å²) in [7, 11) is 2.13. The average molecular weight is 451 g/mol. The molecule has 0 radical (unpaired) electrons. The highest BCUT2D eigenvalue weighted by Gasteiger charge is 2.14. The molecule has 1 fully saturated rings. The van der Waals surface area contributed by atoms with Crippen molar-refractivity contribution >= 4 is 64.7 Å². The SMILES string of the molecule is CN1CCN(CCNC(=O)c2ccc(Br)cc2N)CC1.Cl.Cl.Cl. The van der Waals surface area contributed by atoms with Crippen molar-refractivity contribution in [2.45, 2.75) is 0 Å². The smallest absolute Gasteiger partial charge is 0.253 e. The molecule has 1 aromatic rings. The van der Waals surface area contributed by atoms with Gasteiger partial charge in [-0.05, 0) is 25.2 Å². The molecule has 0 saturated carbocycles. The van der Waals surface area contributed by atoms with Crippen molar-refractivity contribution < 1.29 is 4.79 Å². The van der Waals surface area contributed by atoms with E-state index in [1.807, 2.05) is 6.07 Å². The minimum absolute atomic E-state index is 0. The zero-order chi connectivity index (χ0) is 14.5. The Morgan fingerprint density at radius 3 is 2.39 bits per heavy atom. The van der Waals surface area contributed by atoms with E-state index in [0.717, 1.165) is 37.2 Å². The summed E-state index contributed by atoms with van der Waals surface area (Å²) in [5.74, 6) is -0.107. The monoisotopic (exact) mass is 448 g/mol. The Hall–Kier alpha value is -0.240. The minimum atomic E-state index is -0.107. The summed E-state index contributed by atoms with van der Waals surface area (Å²) in [6, 6.07) is 5.31. The third-order valence-corrected chi connectivity index (χ3v) is 4.06. The summed E-state index contributed by atoms with van der Waals surface area (Å²) in [6.45, 7) is 5.84. The van der Waals surface area contributed by atoms with Gasteiger partial charge in [0.1, 0.15) is 0 Å². The summed E-state index contributed by atoms with van der Waals surface area (Å²) in [4.78, 5) is 16.7. The minimum Gasteiger partial charge on any atom is -0.398 e. The predicted molar refractivity (Wildman–Crippen MR) is 107 cm³/mol. The zero-order valence-corrected chi connectivity index (χ0v) is 17.0. The Morgan fingerprint density at radius 2 is 1.83 bits per heavy atom. The molecule has 23 heavy (non-hydrogen) atoms. The van der Waals surface area contributed by atoms with Crippen molar-refractivity contribution in [1.82, 2.24) is 15.1 Å². The molecule has 2 rings (SSSR count). The first-order valence-electron chi connectivity index (χ1n) is 6.80. The number of piperazine rings is 1. The normalized spacial score (nSPS) is 14.9. The lowest BCUT2D eigenvalue weighted by atomic mass is 10.1. The van der Waals surface area contributed by atoms with Crippen molar-refractivity contribution in [2.75, 3.05) is 52.0 Å². The van der Waals surface area contributed by atoms with Gasteiger partial charge in [0.25, 0.3) is 5.91 Å². The van der Waals surface area contributed by atoms with Crippen LogP contribution < -0.4 is 11.1 Å². The van der Waals surface area contributed by atoms with Crippen LogP contribution in [0, 0.1) is 0 Å². The van der Waals surface area contributed by atoms with Crippen molar-refractivity contribution in [3.63, 3.8) is 0 Å². The highest BCUT2D eigenvalue weighted by atomic mass is 79.9. The van der Waals surface area contributed by atoms with E-state index in [1.54, 1.807) is 12.1 Å². The molecule has 1 saturated heterocycles. The van der Waals surface area contributed by atoms with Gasteiger partial charge in [0.2, 0.25) is 0 Å². The van der Waals surface area contributed by atoms with Crippen LogP contribution in [0.5, 0.6) is 0 Å². The van der Waals surface area contributed by atoms with Gasteiger partial charge < -0.3 is 16.0 Å². The van der Waals surface area contributed by atoms with Crippen LogP contribution in [0.2, 0.25) is 0 Å². The van der Waals surface area contributed by atoms with Gasteiger partial charge in [0.15, 0.2) is 0 Å². The maximum absolute atomic E-state index is 12.0. The maximum Gasteiger partial charge on any atom is 0.253 e. The summed E-state index contributed by atoms with van der Waals surface area (Å²) >= 11 is 3.33. The third-order valence-electron chi connectivity index (χ3n) is 3.57. The van der Waals surface area contributed by atoms with Crippen LogP contribution in [0.3, 0.4) is 0 Å². The van der Waals surface area contributed by atoms with E-state index in [0.29, 0.717) is 17.8 Å². The van der Waals surface area contributed by atoms with E-state index in [4.69, 9.17) is 5.73 Å². The molecule has 134 valence electrons. The second kappa shape index (κ2) is 12.2. The van der Waals surface area contributed by atoms with Crippen LogP contribution >= 0.6 is 53.2 Å². The van der Waals surface area contributed by atoms with Gasteiger partial charge in [-0.1, -0.05) is 15.9 Å². The molecule has 1 aliphatic heterocycles. The maximum atomic E-state index is 12.0. The fourth-order valence-electron chi connectivity index (χ4n) is 2.23. The largest absolute Gasteiger partial charge is 0.398 e. The zero-order valence-electron chi connectivity index (χ0n) is 13.0. The molecule has 0 aromatic heterocycles. The Kier molecular flexibility index (Phi) is 13.2. The first kappa shape index (κ1) is 25.0. The number of carbonyl (C=O) groups is 1. The van der Waals surface area contributed by atoms with Crippen LogP contribution in [0.1, 0.15) is 10.4 Å². The van der Waals surface area contributed by atoms with Gasteiger partial charge in [0, 0.05) is 49.4 Å². The van der Waals surface area contributed by atoms with Gasteiger partial charge in [-0.15, -0.1) is 37.2 Å². The molecule has 0 bridgehead atoms. The van der Waals surface area contributed by atoms with Crippen molar-refractivity contribution in [1.29, 1.82) is 0 Å². The van der Waals surface area contributed by atoms with Crippen molar-refractivity contribution in [3.8, 4) is 0 Å². The topological polar surface area (TPSA) is 61.6 Å². The Morgan fingerprint density at radius 1 is 1.22 bits per heavy atom. The van der Waals surface area contributed by atoms with Gasteiger partial charge >= 0.3 is 0 Å². The van der Waals surface area contributed by atoms with Gasteiger partial charge in [-0.2, -0.15) is 0 Å². The quantitative estimate of drug-likeness (QED) is 0.691. The molecule has 0 aliphatic carbocycles. The van der Waals surface area contributed by atoms with E-state index < -0.39 is 0 Å². The van der Waals surface area contributed by atoms with Crippen molar-refractivity contribution in [3.05, 3.63) is 28.2 Å². The van der Waals surface area contributed by atoms with Crippen LogP contribution in [-0.4, -0.2) is 62.0 Å². The van der Waals surface area contributed by atoms with E-state index in [2.05, 4.69) is 38.1 Å². The summed E-state index contributed by atoms with van der Waals surface area (Å²) in [6.07, 6.45) is 0. The van der Waals surface area contributed by atoms with Crippen LogP contribution in [0.4, 0.5) is 5.69 Å². The van der Waals surface area contributed by atoms with E-state index >= 15 is 0 Å². The molecule has 1 aliphatic rings. The Labute approximate surface area is 164 Å². The number of carbonyl (C=O) groups excluding carboxylic acids is 1. The molecule has 5 nitrogen and oxygen atoms in total. The number of nitrogens with one attached hydrogen (secondary N) is 1. The van der Waals surface area contributed by atoms with Crippen molar-refractivity contribution in [2.24, 2.45) is 0 Å². The number of hydrogen-bond acceptors (Lipinski definition) is 4. The molecule has 1 heterocycles. The van der Waals surface area contributed by atoms with E-state index in [9.17, 15) is 4.79 Å². The fraction of sp³-hybridized carbons (Fsp3) is 0.500. The highest BCUT2D eigenvalue weighted by molar-refractivity contribution is 9.10. The lowest BCUT2D eigenvalue weighted by Gasteiger charge is -2.32. The second-order valence-corrected chi connectivity index (χ2v) is 6.05. The van der Waals surface area contributed by atoms with Gasteiger partial charge in [-0.3, -0.25) is 9.69 Å². The number of nitrogens with two attached hydrogens (primary N) is 1. The molecule has 3 N–H and O–H groups in total. The average Bonchev–Trinajstić information content (AvgIpc) is 2.41. The number of nitrogens with zero attached hydrogens (tertiary/aromatic N) is 2. The molecule has 0 spiro atoms. The Bertz CT molecular complexity index is 485. The number of amides is 1. The first-order chi connectivity index (χ1) is 9.56. The van der Waals surface area contributed by atoms with E-state index in [1.165, 1.54) is 0 Å². The molecule has 1 aromatic carbocycles. The number of rotatable bonds is 4. The standard InChI is InChI=1S/C14H21BrN4O.3ClH/c1-18-6-8-19(9-7-18)5-4-17-14(20)12-3-2-11(15)10-13(12)16;;;/h2-3,10H,4-9,16H2,1H3,(H,17,20);3*1H. The number of benzene rings is 1. The lowest BCUT2D eigenvalue weighted by molar-refractivity contribution is 0.0942. The first-order valence-corrected chi connectivity index (χ1v) is 7.59. The number of anilines is 1. The number of hydrogen-bond donors (Lipinski definition) is 2. The summed E-state index contributed by atoms with van der Waals surface area (Å²) < 4.78 is 0.879. The number of nitrogen functional groups attached to an aromatic ring is 1. The van der Waals surface area contributed by atoms with Gasteiger partial charge in [0.05, 0.1) is 5.56 Å². The summed E-state index contributed by atoms with van der Waals surface area (Å²) in [5.41, 5.74) is 6.88. The van der Waals surface area contributed by atoms with Crippen LogP contribution in [0.25, 0.3) is 0 Å². The second-order valence-electron chi connectivity index (χ2n) is 5.13.